The molecule has 0 saturated carbocycles. The first-order chi connectivity index (χ1) is 10.9. The molecule has 0 aliphatic heterocycles. The fraction of sp³-hybridized carbons (Fsp3) is 0.176. The second-order valence-electron chi connectivity index (χ2n) is 5.31. The van der Waals surface area contributed by atoms with Gasteiger partial charge in [-0.2, -0.15) is 0 Å². The molecular weight excluding hydrogens is 335 g/mol. The monoisotopic (exact) mass is 350 g/mol. The Morgan fingerprint density at radius 2 is 1.48 bits per heavy atom. The van der Waals surface area contributed by atoms with Crippen molar-refractivity contribution in [2.45, 2.75) is 19.8 Å². The smallest absolute Gasteiger partial charge is 0.314 e. The molecule has 2 aromatic carbocycles. The number of carbonyl (C=O) groups excluding carboxylic acids is 2. The molecule has 6 heteroatoms. The predicted molar refractivity (Wildman–Crippen MR) is 94.3 cm³/mol. The van der Waals surface area contributed by atoms with E-state index < -0.39 is 11.8 Å². The summed E-state index contributed by atoms with van der Waals surface area (Å²) in [7, 11) is 0. The van der Waals surface area contributed by atoms with Gasteiger partial charge in [-0.15, -0.1) is 0 Å². The Balaban J connectivity index is 2.10. The summed E-state index contributed by atoms with van der Waals surface area (Å²) < 4.78 is 0. The maximum Gasteiger partial charge on any atom is 0.314 e. The highest BCUT2D eigenvalue weighted by molar-refractivity contribution is 6.44. The SMILES string of the molecule is CC(C)c1ccccc1NC(=O)C(=O)Nc1cc(Cl)cc(Cl)c1. The van der Waals surface area contributed by atoms with Crippen molar-refractivity contribution in [2.24, 2.45) is 0 Å². The lowest BCUT2D eigenvalue weighted by atomic mass is 10.0. The van der Waals surface area contributed by atoms with E-state index in [-0.39, 0.29) is 5.92 Å². The van der Waals surface area contributed by atoms with Crippen LogP contribution in [0.5, 0.6) is 0 Å². The molecule has 0 aliphatic carbocycles. The minimum Gasteiger partial charge on any atom is -0.318 e. The number of carbonyl (C=O) groups is 2. The van der Waals surface area contributed by atoms with Gasteiger partial charge in [-0.1, -0.05) is 55.2 Å². The molecule has 0 unspecified atom stereocenters. The molecule has 0 aliphatic rings. The Morgan fingerprint density at radius 3 is 2.09 bits per heavy atom. The highest BCUT2D eigenvalue weighted by Gasteiger charge is 2.16. The number of rotatable bonds is 3. The topological polar surface area (TPSA) is 58.2 Å². The number of hydrogen-bond acceptors (Lipinski definition) is 2. The standard InChI is InChI=1S/C17H16Cl2N2O2/c1-10(2)14-5-3-4-6-15(14)21-17(23)16(22)20-13-8-11(18)7-12(19)9-13/h3-10H,1-2H3,(H,20,22)(H,21,23). The molecule has 0 heterocycles. The Hall–Kier alpha value is -2.04. The summed E-state index contributed by atoms with van der Waals surface area (Å²) >= 11 is 11.7. The maximum atomic E-state index is 12.1. The van der Waals surface area contributed by atoms with Gasteiger partial charge in [0.05, 0.1) is 0 Å². The van der Waals surface area contributed by atoms with Gasteiger partial charge in [-0.25, -0.2) is 0 Å². The lowest BCUT2D eigenvalue weighted by Gasteiger charge is -2.13. The Morgan fingerprint density at radius 1 is 0.913 bits per heavy atom. The fourth-order valence-electron chi connectivity index (χ4n) is 2.11. The Labute approximate surface area is 144 Å². The van der Waals surface area contributed by atoms with Crippen LogP contribution in [0.25, 0.3) is 0 Å². The summed E-state index contributed by atoms with van der Waals surface area (Å²) in [4.78, 5) is 24.1. The summed E-state index contributed by atoms with van der Waals surface area (Å²) in [6, 6.07) is 11.9. The van der Waals surface area contributed by atoms with E-state index in [0.717, 1.165) is 5.56 Å². The van der Waals surface area contributed by atoms with Gasteiger partial charge in [-0.05, 0) is 35.7 Å². The summed E-state index contributed by atoms with van der Waals surface area (Å²) in [5, 5.41) is 5.84. The molecule has 0 saturated heterocycles. The van der Waals surface area contributed by atoms with Gasteiger partial charge in [0.1, 0.15) is 0 Å². The first-order valence-electron chi connectivity index (χ1n) is 7.04. The molecule has 0 bridgehead atoms. The van der Waals surface area contributed by atoms with Gasteiger partial charge in [0.2, 0.25) is 0 Å². The number of amides is 2. The van der Waals surface area contributed by atoms with Crippen molar-refractivity contribution in [1.82, 2.24) is 0 Å². The first kappa shape index (κ1) is 17.3. The molecule has 0 atom stereocenters. The van der Waals surface area contributed by atoms with Crippen molar-refractivity contribution < 1.29 is 9.59 Å². The minimum absolute atomic E-state index is 0.223. The van der Waals surface area contributed by atoms with Crippen LogP contribution in [0.2, 0.25) is 10.0 Å². The molecular formula is C17H16Cl2N2O2. The largest absolute Gasteiger partial charge is 0.318 e. The third kappa shape index (κ3) is 4.71. The van der Waals surface area contributed by atoms with Crippen molar-refractivity contribution in [3.63, 3.8) is 0 Å². The van der Waals surface area contributed by atoms with Gasteiger partial charge in [0.25, 0.3) is 0 Å². The third-order valence-corrected chi connectivity index (χ3v) is 3.59. The Bertz CT molecular complexity index is 725. The van der Waals surface area contributed by atoms with Crippen LogP contribution in [-0.2, 0) is 9.59 Å². The number of anilines is 2. The van der Waals surface area contributed by atoms with Crippen molar-refractivity contribution in [3.05, 3.63) is 58.1 Å². The van der Waals surface area contributed by atoms with Crippen molar-refractivity contribution in [1.29, 1.82) is 0 Å². The third-order valence-electron chi connectivity index (χ3n) is 3.16. The average molecular weight is 351 g/mol. The molecule has 0 spiro atoms. The van der Waals surface area contributed by atoms with E-state index in [2.05, 4.69) is 10.6 Å². The van der Waals surface area contributed by atoms with Crippen LogP contribution >= 0.6 is 23.2 Å². The van der Waals surface area contributed by atoms with Crippen LogP contribution in [0, 0.1) is 0 Å². The molecule has 0 fully saturated rings. The van der Waals surface area contributed by atoms with E-state index in [1.807, 2.05) is 26.0 Å². The zero-order valence-corrected chi connectivity index (χ0v) is 14.2. The van der Waals surface area contributed by atoms with E-state index in [1.165, 1.54) is 18.2 Å². The second-order valence-corrected chi connectivity index (χ2v) is 6.18. The average Bonchev–Trinajstić information content (AvgIpc) is 2.46. The zero-order valence-electron chi connectivity index (χ0n) is 12.7. The molecule has 0 radical (unpaired) electrons. The van der Waals surface area contributed by atoms with Crippen LogP contribution in [0.4, 0.5) is 11.4 Å². The fourth-order valence-corrected chi connectivity index (χ4v) is 2.63. The molecule has 2 aromatic rings. The summed E-state index contributed by atoms with van der Waals surface area (Å²) in [6.07, 6.45) is 0. The quantitative estimate of drug-likeness (QED) is 0.788. The normalized spacial score (nSPS) is 10.5. The van der Waals surface area contributed by atoms with Crippen molar-refractivity contribution in [3.8, 4) is 0 Å². The van der Waals surface area contributed by atoms with Gasteiger partial charge in [0.15, 0.2) is 0 Å². The lowest BCUT2D eigenvalue weighted by molar-refractivity contribution is -0.133. The van der Waals surface area contributed by atoms with Gasteiger partial charge < -0.3 is 10.6 Å². The van der Waals surface area contributed by atoms with Crippen LogP contribution < -0.4 is 10.6 Å². The number of nitrogens with one attached hydrogen (secondary N) is 2. The van der Waals surface area contributed by atoms with Gasteiger partial charge in [0, 0.05) is 21.4 Å². The minimum atomic E-state index is -0.790. The molecule has 2 N–H and O–H groups in total. The summed E-state index contributed by atoms with van der Waals surface area (Å²) in [5.74, 6) is -1.32. The second kappa shape index (κ2) is 7.49. The number of hydrogen-bond donors (Lipinski definition) is 2. The number of para-hydroxylation sites is 1. The van der Waals surface area contributed by atoms with Crippen LogP contribution in [0.3, 0.4) is 0 Å². The van der Waals surface area contributed by atoms with E-state index in [9.17, 15) is 9.59 Å². The highest BCUT2D eigenvalue weighted by Crippen LogP contribution is 2.24. The van der Waals surface area contributed by atoms with Crippen LogP contribution in [-0.4, -0.2) is 11.8 Å². The number of benzene rings is 2. The van der Waals surface area contributed by atoms with E-state index in [0.29, 0.717) is 21.4 Å². The van der Waals surface area contributed by atoms with Crippen LogP contribution in [0.15, 0.2) is 42.5 Å². The Kier molecular flexibility index (Phi) is 5.64. The first-order valence-corrected chi connectivity index (χ1v) is 7.79. The zero-order chi connectivity index (χ0) is 17.0. The molecule has 4 nitrogen and oxygen atoms in total. The van der Waals surface area contributed by atoms with E-state index in [4.69, 9.17) is 23.2 Å². The van der Waals surface area contributed by atoms with Crippen molar-refractivity contribution in [2.75, 3.05) is 10.6 Å². The molecule has 23 heavy (non-hydrogen) atoms. The molecule has 0 aromatic heterocycles. The molecule has 2 amide bonds. The number of halogens is 2. The summed E-state index contributed by atoms with van der Waals surface area (Å²) in [6.45, 7) is 4.03. The molecule has 120 valence electrons. The van der Waals surface area contributed by atoms with Gasteiger partial charge in [-0.3, -0.25) is 9.59 Å². The van der Waals surface area contributed by atoms with E-state index in [1.54, 1.807) is 12.1 Å². The van der Waals surface area contributed by atoms with Crippen LogP contribution in [0.1, 0.15) is 25.3 Å². The van der Waals surface area contributed by atoms with Crippen molar-refractivity contribution >= 4 is 46.4 Å². The maximum absolute atomic E-state index is 12.1. The lowest BCUT2D eigenvalue weighted by Crippen LogP contribution is -2.29. The van der Waals surface area contributed by atoms with E-state index >= 15 is 0 Å². The summed E-state index contributed by atoms with van der Waals surface area (Å²) in [5.41, 5.74) is 1.94. The van der Waals surface area contributed by atoms with Gasteiger partial charge >= 0.3 is 11.8 Å². The predicted octanol–water partition coefficient (Wildman–Crippen LogP) is 4.69. The highest BCUT2D eigenvalue weighted by atomic mass is 35.5. The molecule has 2 rings (SSSR count).